The molecule has 120 valence electrons. The van der Waals surface area contributed by atoms with Crippen molar-refractivity contribution in [3.8, 4) is 0 Å². The zero-order valence-electron chi connectivity index (χ0n) is 14.2. The first kappa shape index (κ1) is 17.9. The van der Waals surface area contributed by atoms with Gasteiger partial charge in [0.15, 0.2) is 0 Å². The smallest absolute Gasteiger partial charge is 0.128 e. The molecule has 21 heavy (non-hydrogen) atoms. The molecule has 0 aliphatic heterocycles. The first-order valence-corrected chi connectivity index (χ1v) is 7.93. The maximum atomic E-state index is 5.22. The molecule has 0 bridgehead atoms. The van der Waals surface area contributed by atoms with Gasteiger partial charge in [-0.25, -0.2) is 4.98 Å². The SMILES string of the molecule is COCCN(CC(C)C)c1cccc(CNCC(C)C)n1. The molecular weight excluding hydrogens is 262 g/mol. The number of ether oxygens (including phenoxy) is 1. The highest BCUT2D eigenvalue weighted by Crippen LogP contribution is 2.13. The third kappa shape index (κ3) is 7.44. The Kier molecular flexibility index (Phi) is 8.31. The molecular formula is C17H31N3O. The van der Waals surface area contributed by atoms with Crippen molar-refractivity contribution in [2.75, 3.05) is 38.3 Å². The first-order valence-electron chi connectivity index (χ1n) is 7.93. The number of hydrogen-bond donors (Lipinski definition) is 1. The summed E-state index contributed by atoms with van der Waals surface area (Å²) < 4.78 is 5.22. The van der Waals surface area contributed by atoms with Crippen LogP contribution < -0.4 is 10.2 Å². The van der Waals surface area contributed by atoms with Gasteiger partial charge in [-0.2, -0.15) is 0 Å². The molecule has 1 aromatic heterocycles. The standard InChI is InChI=1S/C17H31N3O/c1-14(2)11-18-12-16-7-6-8-17(19-16)20(9-10-21-5)13-15(3)4/h6-8,14-15,18H,9-13H2,1-5H3. The number of rotatable bonds is 10. The van der Waals surface area contributed by atoms with Crippen LogP contribution in [0.1, 0.15) is 33.4 Å². The highest BCUT2D eigenvalue weighted by atomic mass is 16.5. The van der Waals surface area contributed by atoms with Crippen molar-refractivity contribution in [2.45, 2.75) is 34.2 Å². The van der Waals surface area contributed by atoms with Gasteiger partial charge in [-0.3, -0.25) is 0 Å². The van der Waals surface area contributed by atoms with Crippen molar-refractivity contribution in [1.29, 1.82) is 0 Å². The van der Waals surface area contributed by atoms with Gasteiger partial charge in [0.2, 0.25) is 0 Å². The Morgan fingerprint density at radius 2 is 1.95 bits per heavy atom. The molecule has 0 aromatic carbocycles. The van der Waals surface area contributed by atoms with Crippen LogP contribution in [0.5, 0.6) is 0 Å². The quantitative estimate of drug-likeness (QED) is 0.720. The van der Waals surface area contributed by atoms with Crippen LogP contribution in [0.25, 0.3) is 0 Å². The van der Waals surface area contributed by atoms with E-state index >= 15 is 0 Å². The molecule has 0 atom stereocenters. The minimum Gasteiger partial charge on any atom is -0.383 e. The van der Waals surface area contributed by atoms with Gasteiger partial charge in [0.05, 0.1) is 12.3 Å². The molecule has 0 fully saturated rings. The van der Waals surface area contributed by atoms with E-state index in [1.165, 1.54) is 0 Å². The zero-order valence-corrected chi connectivity index (χ0v) is 14.2. The fraction of sp³-hybridized carbons (Fsp3) is 0.706. The van der Waals surface area contributed by atoms with Gasteiger partial charge in [0, 0.05) is 26.7 Å². The summed E-state index contributed by atoms with van der Waals surface area (Å²) in [6, 6.07) is 6.26. The molecule has 1 aromatic rings. The highest BCUT2D eigenvalue weighted by Gasteiger charge is 2.10. The molecule has 1 heterocycles. The number of anilines is 1. The monoisotopic (exact) mass is 293 g/mol. The van der Waals surface area contributed by atoms with Crippen LogP contribution in [-0.4, -0.2) is 38.3 Å². The Morgan fingerprint density at radius 1 is 1.19 bits per heavy atom. The molecule has 4 nitrogen and oxygen atoms in total. The van der Waals surface area contributed by atoms with E-state index in [9.17, 15) is 0 Å². The summed E-state index contributed by atoms with van der Waals surface area (Å²) in [4.78, 5) is 7.09. The number of hydrogen-bond acceptors (Lipinski definition) is 4. The third-order valence-electron chi connectivity index (χ3n) is 3.13. The first-order chi connectivity index (χ1) is 10.0. The molecule has 0 amide bonds. The van der Waals surface area contributed by atoms with Gasteiger partial charge in [-0.05, 0) is 30.5 Å². The summed E-state index contributed by atoms with van der Waals surface area (Å²) in [7, 11) is 1.74. The maximum absolute atomic E-state index is 5.22. The fourth-order valence-electron chi connectivity index (χ4n) is 2.17. The zero-order chi connectivity index (χ0) is 15.7. The Hall–Kier alpha value is -1.13. The van der Waals surface area contributed by atoms with E-state index in [1.807, 2.05) is 0 Å². The lowest BCUT2D eigenvalue weighted by atomic mass is 10.2. The van der Waals surface area contributed by atoms with Gasteiger partial charge in [0.1, 0.15) is 5.82 Å². The lowest BCUT2D eigenvalue weighted by Gasteiger charge is -2.25. The van der Waals surface area contributed by atoms with E-state index in [0.717, 1.165) is 44.3 Å². The van der Waals surface area contributed by atoms with Crippen LogP contribution in [0.3, 0.4) is 0 Å². The van der Waals surface area contributed by atoms with Crippen molar-refractivity contribution in [3.05, 3.63) is 23.9 Å². The predicted octanol–water partition coefficient (Wildman–Crippen LogP) is 2.94. The summed E-state index contributed by atoms with van der Waals surface area (Å²) in [5.74, 6) is 2.31. The molecule has 0 spiro atoms. The molecule has 0 aliphatic rings. The van der Waals surface area contributed by atoms with Crippen LogP contribution in [0.15, 0.2) is 18.2 Å². The minimum absolute atomic E-state index is 0.603. The Morgan fingerprint density at radius 3 is 2.57 bits per heavy atom. The highest BCUT2D eigenvalue weighted by molar-refractivity contribution is 5.39. The second kappa shape index (κ2) is 9.74. The molecule has 0 unspecified atom stereocenters. The molecule has 1 rings (SSSR count). The number of methoxy groups -OCH3 is 1. The fourth-order valence-corrected chi connectivity index (χ4v) is 2.17. The average Bonchev–Trinajstić information content (AvgIpc) is 2.43. The third-order valence-corrected chi connectivity index (χ3v) is 3.13. The maximum Gasteiger partial charge on any atom is 0.128 e. The molecule has 1 N–H and O–H groups in total. The molecule has 0 radical (unpaired) electrons. The van der Waals surface area contributed by atoms with Crippen molar-refractivity contribution >= 4 is 5.82 Å². The molecule has 0 aliphatic carbocycles. The van der Waals surface area contributed by atoms with E-state index in [1.54, 1.807) is 7.11 Å². The number of pyridine rings is 1. The van der Waals surface area contributed by atoms with E-state index in [-0.39, 0.29) is 0 Å². The van der Waals surface area contributed by atoms with Crippen molar-refractivity contribution in [3.63, 3.8) is 0 Å². The lowest BCUT2D eigenvalue weighted by Crippen LogP contribution is -2.32. The Balaban J connectivity index is 2.69. The number of nitrogens with zero attached hydrogens (tertiary/aromatic N) is 2. The van der Waals surface area contributed by atoms with Crippen molar-refractivity contribution in [1.82, 2.24) is 10.3 Å². The predicted molar refractivity (Wildman–Crippen MR) is 89.7 cm³/mol. The van der Waals surface area contributed by atoms with E-state index in [4.69, 9.17) is 9.72 Å². The van der Waals surface area contributed by atoms with E-state index in [2.05, 4.69) is 56.1 Å². The second-order valence-corrected chi connectivity index (χ2v) is 6.34. The molecule has 0 saturated carbocycles. The minimum atomic E-state index is 0.603. The summed E-state index contributed by atoms with van der Waals surface area (Å²) in [5.41, 5.74) is 1.10. The second-order valence-electron chi connectivity index (χ2n) is 6.34. The van der Waals surface area contributed by atoms with Crippen LogP contribution >= 0.6 is 0 Å². The van der Waals surface area contributed by atoms with Gasteiger partial charge in [-0.15, -0.1) is 0 Å². The summed E-state index contributed by atoms with van der Waals surface area (Å²) >= 11 is 0. The number of aromatic nitrogens is 1. The van der Waals surface area contributed by atoms with Crippen LogP contribution in [0, 0.1) is 11.8 Å². The van der Waals surface area contributed by atoms with Gasteiger partial charge in [-0.1, -0.05) is 33.8 Å². The Bertz CT molecular complexity index is 393. The van der Waals surface area contributed by atoms with Crippen LogP contribution in [0.4, 0.5) is 5.82 Å². The molecule has 4 heteroatoms. The van der Waals surface area contributed by atoms with Crippen LogP contribution in [-0.2, 0) is 11.3 Å². The lowest BCUT2D eigenvalue weighted by molar-refractivity contribution is 0.204. The van der Waals surface area contributed by atoms with Crippen molar-refractivity contribution < 1.29 is 4.74 Å². The Labute approximate surface area is 129 Å². The summed E-state index contributed by atoms with van der Waals surface area (Å²) in [6.07, 6.45) is 0. The normalized spacial score (nSPS) is 11.4. The largest absolute Gasteiger partial charge is 0.383 e. The van der Waals surface area contributed by atoms with Crippen molar-refractivity contribution in [2.24, 2.45) is 11.8 Å². The average molecular weight is 293 g/mol. The summed E-state index contributed by atoms with van der Waals surface area (Å²) in [5, 5.41) is 3.45. The summed E-state index contributed by atoms with van der Waals surface area (Å²) in [6.45, 7) is 13.3. The number of nitrogens with one attached hydrogen (secondary N) is 1. The van der Waals surface area contributed by atoms with E-state index < -0.39 is 0 Å². The van der Waals surface area contributed by atoms with Crippen LogP contribution in [0.2, 0.25) is 0 Å². The van der Waals surface area contributed by atoms with Gasteiger partial charge in [0.25, 0.3) is 0 Å². The van der Waals surface area contributed by atoms with E-state index in [0.29, 0.717) is 11.8 Å². The van der Waals surface area contributed by atoms with Gasteiger partial charge >= 0.3 is 0 Å². The van der Waals surface area contributed by atoms with Gasteiger partial charge < -0.3 is 15.0 Å². The molecule has 0 saturated heterocycles. The topological polar surface area (TPSA) is 37.4 Å².